The van der Waals surface area contributed by atoms with E-state index in [1.165, 1.54) is 5.56 Å². The number of piperazine rings is 1. The Hall–Kier alpha value is -3.20. The second-order valence-electron chi connectivity index (χ2n) is 8.47. The third-order valence-corrected chi connectivity index (χ3v) is 6.20. The maximum absolute atomic E-state index is 5.89. The Bertz CT molecular complexity index is 1200. The lowest BCUT2D eigenvalue weighted by Crippen LogP contribution is -2.45. The highest BCUT2D eigenvalue weighted by Gasteiger charge is 2.20. The Kier molecular flexibility index (Phi) is 7.62. The molecule has 1 aromatic carbocycles. The zero-order chi connectivity index (χ0) is 22.6. The van der Waals surface area contributed by atoms with Crippen LogP contribution in [0.2, 0.25) is 0 Å². The lowest BCUT2D eigenvalue weighted by Gasteiger charge is -2.33. The first-order chi connectivity index (χ1) is 16.2. The Morgan fingerprint density at radius 2 is 1.79 bits per heavy atom. The molecule has 9 heteroatoms. The molecule has 3 aromatic heterocycles. The van der Waals surface area contributed by atoms with Crippen molar-refractivity contribution in [1.82, 2.24) is 24.3 Å². The maximum atomic E-state index is 5.89. The van der Waals surface area contributed by atoms with Crippen LogP contribution in [0.1, 0.15) is 18.0 Å². The highest BCUT2D eigenvalue weighted by molar-refractivity contribution is 5.85. The van der Waals surface area contributed by atoms with Crippen molar-refractivity contribution < 1.29 is 0 Å². The number of nitrogens with two attached hydrogens (primary N) is 1. The molecule has 1 aliphatic rings. The van der Waals surface area contributed by atoms with Crippen LogP contribution in [0.5, 0.6) is 0 Å². The molecule has 1 atom stereocenters. The van der Waals surface area contributed by atoms with Gasteiger partial charge in [0, 0.05) is 38.6 Å². The summed E-state index contributed by atoms with van der Waals surface area (Å²) in [5.74, 6) is 1.75. The minimum Gasteiger partial charge on any atom is -0.363 e. The number of pyridine rings is 1. The van der Waals surface area contributed by atoms with Gasteiger partial charge in [-0.2, -0.15) is 0 Å². The Morgan fingerprint density at radius 3 is 2.56 bits per heavy atom. The fraction of sp³-hybridized carbons (Fsp3) is 0.320. The quantitative estimate of drug-likeness (QED) is 0.420. The van der Waals surface area contributed by atoms with Gasteiger partial charge in [-0.05, 0) is 37.7 Å². The fourth-order valence-corrected chi connectivity index (χ4v) is 4.35. The minimum atomic E-state index is 0. The van der Waals surface area contributed by atoms with Gasteiger partial charge in [0.25, 0.3) is 0 Å². The van der Waals surface area contributed by atoms with Crippen molar-refractivity contribution in [1.29, 1.82) is 0 Å². The first kappa shape index (κ1) is 23.9. The van der Waals surface area contributed by atoms with Crippen molar-refractivity contribution in [3.8, 4) is 11.4 Å². The van der Waals surface area contributed by atoms with Gasteiger partial charge in [-0.15, -0.1) is 12.4 Å². The number of imidazole rings is 1. The molecule has 4 aromatic rings. The zero-order valence-corrected chi connectivity index (χ0v) is 20.2. The molecular formula is C25H31ClN8. The number of likely N-dealkylation sites (N-methyl/N-ethyl adjacent to an activating group) is 1. The minimum absolute atomic E-state index is 0. The standard InChI is InChI=1S/C25H30N8.ClH/c1-31-14-16-32(17-15-31)24-25-28-18-22(33(25)13-12-27-24)21-8-5-9-23(30-21)29-20(10-11-26)19-6-3-2-4-7-19;/h2-9,12-13,18,20H,10-11,14-17,26H2,1H3,(H,29,30);1H. The fourth-order valence-electron chi connectivity index (χ4n) is 4.35. The number of rotatable bonds is 7. The molecule has 0 amide bonds. The SMILES string of the molecule is CN1CCN(c2nccn3c(-c4cccc(NC(CCN)c5ccccc5)n4)cnc23)CC1.Cl. The summed E-state index contributed by atoms with van der Waals surface area (Å²) in [6.07, 6.45) is 6.52. The van der Waals surface area contributed by atoms with Crippen LogP contribution in [-0.2, 0) is 0 Å². The van der Waals surface area contributed by atoms with Crippen LogP contribution in [-0.4, -0.2) is 64.0 Å². The molecule has 1 fully saturated rings. The highest BCUT2D eigenvalue weighted by Crippen LogP contribution is 2.27. The second kappa shape index (κ2) is 10.8. The van der Waals surface area contributed by atoms with E-state index in [-0.39, 0.29) is 18.4 Å². The summed E-state index contributed by atoms with van der Waals surface area (Å²) >= 11 is 0. The van der Waals surface area contributed by atoms with Crippen LogP contribution < -0.4 is 16.0 Å². The van der Waals surface area contributed by atoms with Crippen molar-refractivity contribution in [3.63, 3.8) is 0 Å². The average molecular weight is 479 g/mol. The van der Waals surface area contributed by atoms with Crippen LogP contribution in [0.4, 0.5) is 11.6 Å². The molecule has 4 heterocycles. The second-order valence-corrected chi connectivity index (χ2v) is 8.47. The van der Waals surface area contributed by atoms with Gasteiger partial charge in [0.05, 0.1) is 23.6 Å². The molecule has 0 saturated carbocycles. The normalized spacial score (nSPS) is 15.2. The molecule has 34 heavy (non-hydrogen) atoms. The van der Waals surface area contributed by atoms with Gasteiger partial charge in [0.1, 0.15) is 5.82 Å². The average Bonchev–Trinajstić information content (AvgIpc) is 3.30. The first-order valence-electron chi connectivity index (χ1n) is 11.5. The predicted molar refractivity (Wildman–Crippen MR) is 140 cm³/mol. The van der Waals surface area contributed by atoms with Crippen LogP contribution in [0.3, 0.4) is 0 Å². The van der Waals surface area contributed by atoms with Crippen molar-refractivity contribution in [2.75, 3.05) is 50.0 Å². The molecule has 1 unspecified atom stereocenters. The number of nitrogens with zero attached hydrogens (tertiary/aromatic N) is 6. The molecule has 0 spiro atoms. The van der Waals surface area contributed by atoms with Crippen LogP contribution in [0, 0.1) is 0 Å². The van der Waals surface area contributed by atoms with Crippen LogP contribution >= 0.6 is 12.4 Å². The van der Waals surface area contributed by atoms with E-state index in [0.717, 1.165) is 61.3 Å². The Morgan fingerprint density at radius 1 is 1.00 bits per heavy atom. The molecule has 0 bridgehead atoms. The smallest absolute Gasteiger partial charge is 0.180 e. The van der Waals surface area contributed by atoms with Gasteiger partial charge in [-0.25, -0.2) is 15.0 Å². The Balaban J connectivity index is 0.00000274. The summed E-state index contributed by atoms with van der Waals surface area (Å²) in [6, 6.07) is 16.5. The van der Waals surface area contributed by atoms with E-state index >= 15 is 0 Å². The van der Waals surface area contributed by atoms with Crippen molar-refractivity contribution in [2.24, 2.45) is 5.73 Å². The maximum Gasteiger partial charge on any atom is 0.180 e. The first-order valence-corrected chi connectivity index (χ1v) is 11.5. The van der Waals surface area contributed by atoms with E-state index in [9.17, 15) is 0 Å². The summed E-state index contributed by atoms with van der Waals surface area (Å²) in [6.45, 7) is 4.55. The van der Waals surface area contributed by atoms with E-state index in [0.29, 0.717) is 6.54 Å². The number of aromatic nitrogens is 4. The summed E-state index contributed by atoms with van der Waals surface area (Å²) in [7, 11) is 2.15. The van der Waals surface area contributed by atoms with Crippen LogP contribution in [0.15, 0.2) is 67.1 Å². The van der Waals surface area contributed by atoms with E-state index < -0.39 is 0 Å². The van der Waals surface area contributed by atoms with Gasteiger partial charge >= 0.3 is 0 Å². The number of benzene rings is 1. The van der Waals surface area contributed by atoms with Gasteiger partial charge < -0.3 is 20.9 Å². The number of hydrogen-bond acceptors (Lipinski definition) is 7. The van der Waals surface area contributed by atoms with E-state index in [1.807, 2.05) is 42.9 Å². The number of nitrogens with one attached hydrogen (secondary N) is 1. The Labute approximate surface area is 206 Å². The molecule has 0 aliphatic carbocycles. The van der Waals surface area contributed by atoms with Gasteiger partial charge in [0.2, 0.25) is 0 Å². The van der Waals surface area contributed by atoms with Gasteiger partial charge in [-0.1, -0.05) is 36.4 Å². The summed E-state index contributed by atoms with van der Waals surface area (Å²) in [5.41, 5.74) is 9.76. The monoisotopic (exact) mass is 478 g/mol. The topological polar surface area (TPSA) is 87.6 Å². The predicted octanol–water partition coefficient (Wildman–Crippen LogP) is 3.47. The number of halogens is 1. The third-order valence-electron chi connectivity index (χ3n) is 6.20. The van der Waals surface area contributed by atoms with Crippen molar-refractivity contribution in [2.45, 2.75) is 12.5 Å². The van der Waals surface area contributed by atoms with E-state index in [2.05, 4.69) is 55.8 Å². The van der Waals surface area contributed by atoms with Gasteiger partial charge in [-0.3, -0.25) is 4.40 Å². The molecule has 5 rings (SSSR count). The van der Waals surface area contributed by atoms with Crippen molar-refractivity contribution in [3.05, 3.63) is 72.7 Å². The molecule has 178 valence electrons. The number of anilines is 2. The molecule has 3 N–H and O–H groups in total. The zero-order valence-electron chi connectivity index (χ0n) is 19.3. The number of fused-ring (bicyclic) bond motifs is 1. The molecule has 1 aliphatic heterocycles. The largest absolute Gasteiger partial charge is 0.363 e. The third kappa shape index (κ3) is 4.99. The molecular weight excluding hydrogens is 448 g/mol. The summed E-state index contributed by atoms with van der Waals surface area (Å²) in [4.78, 5) is 18.9. The lowest BCUT2D eigenvalue weighted by atomic mass is 10.0. The van der Waals surface area contributed by atoms with Crippen molar-refractivity contribution >= 4 is 29.7 Å². The summed E-state index contributed by atoms with van der Waals surface area (Å²) in [5, 5.41) is 3.57. The molecule has 8 nitrogen and oxygen atoms in total. The van der Waals surface area contributed by atoms with Gasteiger partial charge in [0.15, 0.2) is 11.5 Å². The number of hydrogen-bond donors (Lipinski definition) is 2. The van der Waals surface area contributed by atoms with E-state index in [4.69, 9.17) is 15.7 Å². The molecule has 0 radical (unpaired) electrons. The highest BCUT2D eigenvalue weighted by atomic mass is 35.5. The van der Waals surface area contributed by atoms with E-state index in [1.54, 1.807) is 0 Å². The van der Waals surface area contributed by atoms with Crippen LogP contribution in [0.25, 0.3) is 17.0 Å². The summed E-state index contributed by atoms with van der Waals surface area (Å²) < 4.78 is 2.08. The molecule has 1 saturated heterocycles. The lowest BCUT2D eigenvalue weighted by molar-refractivity contribution is 0.312.